The molecule has 0 N–H and O–H groups in total. The molecule has 0 radical (unpaired) electrons. The van der Waals surface area contributed by atoms with Crippen LogP contribution in [0, 0.1) is 0 Å². The first-order valence-electron chi connectivity index (χ1n) is 5.77. The fraction of sp³-hybridized carbons (Fsp3) is 0.214. The van der Waals surface area contributed by atoms with E-state index in [1.807, 2.05) is 31.2 Å². The summed E-state index contributed by atoms with van der Waals surface area (Å²) in [6.07, 6.45) is 3.00. The number of ketones is 1. The number of hydrogen-bond acceptors (Lipinski definition) is 3. The maximum atomic E-state index is 12.0. The normalized spacial score (nSPS) is 20.1. The molecular weight excluding hydrogens is 248 g/mol. The van der Waals surface area contributed by atoms with E-state index in [1.165, 1.54) is 0 Å². The highest BCUT2D eigenvalue weighted by atomic mass is 35.5. The van der Waals surface area contributed by atoms with E-state index < -0.39 is 0 Å². The van der Waals surface area contributed by atoms with Crippen LogP contribution in [0.1, 0.15) is 24.5 Å². The van der Waals surface area contributed by atoms with Crippen LogP contribution in [0.5, 0.6) is 0 Å². The summed E-state index contributed by atoms with van der Waals surface area (Å²) >= 11 is 5.98. The number of rotatable bonds is 1. The summed E-state index contributed by atoms with van der Waals surface area (Å²) in [5.74, 6) is 0.125. The van der Waals surface area contributed by atoms with Crippen LogP contribution in [0.15, 0.2) is 34.5 Å². The molecule has 0 atom stereocenters. The van der Waals surface area contributed by atoms with Crippen LogP contribution < -0.4 is 0 Å². The van der Waals surface area contributed by atoms with E-state index in [4.69, 9.17) is 11.6 Å². The number of fused-ring (bicyclic) bond motifs is 1. The fourth-order valence-electron chi connectivity index (χ4n) is 2.26. The third kappa shape index (κ3) is 1.91. The Morgan fingerprint density at radius 3 is 2.83 bits per heavy atom. The van der Waals surface area contributed by atoms with Crippen molar-refractivity contribution in [2.75, 3.05) is 0 Å². The summed E-state index contributed by atoms with van der Waals surface area (Å²) in [5.41, 5.74) is 4.48. The number of carbonyl (C=O) groups is 1. The average Bonchev–Trinajstić information content (AvgIpc) is 2.86. The van der Waals surface area contributed by atoms with Crippen molar-refractivity contribution >= 4 is 34.4 Å². The second-order valence-electron chi connectivity index (χ2n) is 4.56. The molecule has 0 unspecified atom stereocenters. The molecule has 2 aliphatic rings. The molecule has 0 bridgehead atoms. The van der Waals surface area contributed by atoms with Gasteiger partial charge in [-0.2, -0.15) is 10.2 Å². The summed E-state index contributed by atoms with van der Waals surface area (Å²) in [4.78, 5) is 12.0. The van der Waals surface area contributed by atoms with Crippen LogP contribution in [0.3, 0.4) is 0 Å². The smallest absolute Gasteiger partial charge is 0.167 e. The number of Topliss-reactive ketones (excluding diaryl/α,β-unsaturated/α-hetero) is 1. The topological polar surface area (TPSA) is 41.8 Å². The van der Waals surface area contributed by atoms with Gasteiger partial charge >= 0.3 is 0 Å². The Morgan fingerprint density at radius 2 is 2.11 bits per heavy atom. The van der Waals surface area contributed by atoms with E-state index in [0.29, 0.717) is 23.4 Å². The second-order valence-corrected chi connectivity index (χ2v) is 5.00. The van der Waals surface area contributed by atoms with Crippen molar-refractivity contribution in [1.29, 1.82) is 0 Å². The Balaban J connectivity index is 2.02. The minimum atomic E-state index is 0.125. The second kappa shape index (κ2) is 4.18. The zero-order valence-electron chi connectivity index (χ0n) is 9.90. The summed E-state index contributed by atoms with van der Waals surface area (Å²) in [6, 6.07) is 5.57. The summed E-state index contributed by atoms with van der Waals surface area (Å²) in [6.45, 7) is 1.93. The van der Waals surface area contributed by atoms with Gasteiger partial charge in [-0.05, 0) is 36.3 Å². The van der Waals surface area contributed by atoms with E-state index in [-0.39, 0.29) is 5.78 Å². The van der Waals surface area contributed by atoms with Gasteiger partial charge in [0.1, 0.15) is 0 Å². The fourth-order valence-corrected chi connectivity index (χ4v) is 2.43. The summed E-state index contributed by atoms with van der Waals surface area (Å²) in [5, 5.41) is 8.68. The van der Waals surface area contributed by atoms with Crippen LogP contribution >= 0.6 is 11.6 Å². The molecule has 0 aromatic heterocycles. The number of nitrogens with zero attached hydrogens (tertiary/aromatic N) is 2. The maximum Gasteiger partial charge on any atom is 0.167 e. The van der Waals surface area contributed by atoms with Crippen LogP contribution in [0.25, 0.3) is 5.57 Å². The molecule has 3 nitrogen and oxygen atoms in total. The lowest BCUT2D eigenvalue weighted by atomic mass is 10.0. The van der Waals surface area contributed by atoms with Gasteiger partial charge in [-0.15, -0.1) is 0 Å². The zero-order valence-corrected chi connectivity index (χ0v) is 10.7. The number of carbonyl (C=O) groups excluding carboxylic acids is 1. The molecule has 90 valence electrons. The highest BCUT2D eigenvalue weighted by Crippen LogP contribution is 2.32. The first-order valence-corrected chi connectivity index (χ1v) is 6.15. The molecule has 1 heterocycles. The Bertz CT molecular complexity index is 641. The van der Waals surface area contributed by atoms with E-state index in [9.17, 15) is 4.79 Å². The van der Waals surface area contributed by atoms with Crippen LogP contribution in [0.2, 0.25) is 5.02 Å². The van der Waals surface area contributed by atoms with Gasteiger partial charge in [-0.1, -0.05) is 17.7 Å². The number of benzene rings is 1. The lowest BCUT2D eigenvalue weighted by Crippen LogP contribution is -2.00. The van der Waals surface area contributed by atoms with Crippen molar-refractivity contribution in [2.45, 2.75) is 19.8 Å². The van der Waals surface area contributed by atoms with Crippen molar-refractivity contribution in [3.63, 3.8) is 0 Å². The third-order valence-corrected chi connectivity index (χ3v) is 3.35. The monoisotopic (exact) mass is 258 g/mol. The molecule has 4 heteroatoms. The van der Waals surface area contributed by atoms with Gasteiger partial charge in [-0.25, -0.2) is 0 Å². The molecular formula is C14H11ClN2O. The molecule has 0 saturated carbocycles. The summed E-state index contributed by atoms with van der Waals surface area (Å²) in [7, 11) is 0. The van der Waals surface area contributed by atoms with Gasteiger partial charge in [0.05, 0.1) is 5.71 Å². The lowest BCUT2D eigenvalue weighted by molar-refractivity contribution is -0.112. The molecule has 3 rings (SSSR count). The van der Waals surface area contributed by atoms with Crippen molar-refractivity contribution in [3.8, 4) is 0 Å². The zero-order chi connectivity index (χ0) is 12.7. The third-order valence-electron chi connectivity index (χ3n) is 3.11. The summed E-state index contributed by atoms with van der Waals surface area (Å²) < 4.78 is 0. The molecule has 1 aliphatic carbocycles. The number of allylic oxidation sites excluding steroid dienone is 2. The predicted molar refractivity (Wildman–Crippen MR) is 73.3 cm³/mol. The maximum absolute atomic E-state index is 12.0. The molecule has 0 saturated heterocycles. The van der Waals surface area contributed by atoms with E-state index >= 15 is 0 Å². The Labute approximate surface area is 110 Å². The van der Waals surface area contributed by atoms with Crippen molar-refractivity contribution in [3.05, 3.63) is 40.4 Å². The van der Waals surface area contributed by atoms with Gasteiger partial charge in [0.15, 0.2) is 5.78 Å². The predicted octanol–water partition coefficient (Wildman–Crippen LogP) is 3.07. The molecule has 0 fully saturated rings. The van der Waals surface area contributed by atoms with Crippen molar-refractivity contribution in [1.82, 2.24) is 0 Å². The first-order chi connectivity index (χ1) is 8.63. The standard InChI is InChI=1S/C14H11ClN2O/c1-8-4-11(17-16-8)7-13-12-6-10(15)3-2-9(12)5-14(13)18/h2-3,6-7H,4-5H2,1H3/b13-7-. The van der Waals surface area contributed by atoms with E-state index in [2.05, 4.69) is 10.2 Å². The molecule has 0 spiro atoms. The Hall–Kier alpha value is -1.74. The van der Waals surface area contributed by atoms with Crippen molar-refractivity contribution in [2.24, 2.45) is 10.2 Å². The van der Waals surface area contributed by atoms with Gasteiger partial charge in [0, 0.05) is 29.1 Å². The number of hydrogen-bond donors (Lipinski definition) is 0. The Morgan fingerprint density at radius 1 is 1.28 bits per heavy atom. The SMILES string of the molecule is CC1=NN=C(/C=C2\C(=O)Cc3ccc(Cl)cc32)C1. The van der Waals surface area contributed by atoms with Crippen LogP contribution in [0.4, 0.5) is 0 Å². The molecule has 1 aromatic carbocycles. The average molecular weight is 259 g/mol. The minimum Gasteiger partial charge on any atom is -0.294 e. The molecule has 1 aliphatic heterocycles. The Kier molecular flexibility index (Phi) is 2.63. The minimum absolute atomic E-state index is 0.125. The molecule has 1 aromatic rings. The highest BCUT2D eigenvalue weighted by molar-refractivity contribution is 6.33. The van der Waals surface area contributed by atoms with Gasteiger partial charge in [0.25, 0.3) is 0 Å². The van der Waals surface area contributed by atoms with E-state index in [1.54, 1.807) is 0 Å². The van der Waals surface area contributed by atoms with Gasteiger partial charge < -0.3 is 0 Å². The molecule has 18 heavy (non-hydrogen) atoms. The van der Waals surface area contributed by atoms with Crippen LogP contribution in [-0.4, -0.2) is 17.2 Å². The largest absolute Gasteiger partial charge is 0.294 e. The number of halogens is 1. The molecule has 0 amide bonds. The van der Waals surface area contributed by atoms with Crippen molar-refractivity contribution < 1.29 is 4.79 Å². The highest BCUT2D eigenvalue weighted by Gasteiger charge is 2.25. The van der Waals surface area contributed by atoms with Crippen LogP contribution in [-0.2, 0) is 11.2 Å². The lowest BCUT2D eigenvalue weighted by Gasteiger charge is -2.00. The first kappa shape index (κ1) is 11.4. The van der Waals surface area contributed by atoms with Gasteiger partial charge in [0.2, 0.25) is 0 Å². The quantitative estimate of drug-likeness (QED) is 0.714. The van der Waals surface area contributed by atoms with Gasteiger partial charge in [-0.3, -0.25) is 4.79 Å². The van der Waals surface area contributed by atoms with E-state index in [0.717, 1.165) is 22.6 Å².